The van der Waals surface area contributed by atoms with Crippen LogP contribution in [0.1, 0.15) is 24.5 Å². The molecular formula is C11H8ClIN2S. The second kappa shape index (κ2) is 4.23. The minimum absolute atomic E-state index is 0.582. The molecule has 2 aromatic rings. The largest absolute Gasteiger partial charge is 0.232 e. The molecule has 0 spiro atoms. The van der Waals surface area contributed by atoms with Crippen molar-refractivity contribution in [3.63, 3.8) is 0 Å². The van der Waals surface area contributed by atoms with Crippen LogP contribution in [0.25, 0.3) is 11.4 Å². The van der Waals surface area contributed by atoms with Crippen molar-refractivity contribution >= 4 is 45.5 Å². The Morgan fingerprint density at radius 1 is 1.38 bits per heavy atom. The highest BCUT2D eigenvalue weighted by Gasteiger charge is 2.29. The highest BCUT2D eigenvalue weighted by molar-refractivity contribution is 14.1. The number of hydrogen-bond donors (Lipinski definition) is 0. The standard InChI is InChI=1S/C11H8ClIN2S/c12-10-8(13)9(6-1-2-6)14-11(15-10)7-3-4-16-5-7/h3-6H,1-2H2. The zero-order valence-corrected chi connectivity index (χ0v) is 12.0. The van der Waals surface area contributed by atoms with E-state index in [4.69, 9.17) is 11.6 Å². The maximum atomic E-state index is 6.15. The Morgan fingerprint density at radius 3 is 2.81 bits per heavy atom. The van der Waals surface area contributed by atoms with Crippen molar-refractivity contribution in [1.82, 2.24) is 9.97 Å². The van der Waals surface area contributed by atoms with Crippen molar-refractivity contribution in [1.29, 1.82) is 0 Å². The van der Waals surface area contributed by atoms with Gasteiger partial charge in [-0.2, -0.15) is 11.3 Å². The molecule has 82 valence electrons. The van der Waals surface area contributed by atoms with Crippen molar-refractivity contribution in [3.05, 3.63) is 31.2 Å². The Balaban J connectivity index is 2.13. The molecule has 1 aliphatic rings. The monoisotopic (exact) mass is 362 g/mol. The second-order valence-corrected chi connectivity index (χ2v) is 6.04. The molecule has 0 aliphatic heterocycles. The van der Waals surface area contributed by atoms with E-state index in [0.717, 1.165) is 20.7 Å². The van der Waals surface area contributed by atoms with Gasteiger partial charge >= 0.3 is 0 Å². The molecule has 1 saturated carbocycles. The predicted octanol–water partition coefficient (Wildman–Crippen LogP) is 4.34. The van der Waals surface area contributed by atoms with Gasteiger partial charge in [0.1, 0.15) is 5.15 Å². The molecule has 0 saturated heterocycles. The summed E-state index contributed by atoms with van der Waals surface area (Å²) in [6.07, 6.45) is 2.46. The van der Waals surface area contributed by atoms with E-state index in [1.54, 1.807) is 11.3 Å². The van der Waals surface area contributed by atoms with Gasteiger partial charge in [-0.1, -0.05) is 11.6 Å². The van der Waals surface area contributed by atoms with Crippen LogP contribution in [0.3, 0.4) is 0 Å². The summed E-state index contributed by atoms with van der Waals surface area (Å²) < 4.78 is 1.01. The lowest BCUT2D eigenvalue weighted by molar-refractivity contribution is 0.979. The maximum Gasteiger partial charge on any atom is 0.162 e. The van der Waals surface area contributed by atoms with Crippen molar-refractivity contribution in [2.75, 3.05) is 0 Å². The molecule has 16 heavy (non-hydrogen) atoms. The number of hydrogen-bond acceptors (Lipinski definition) is 3. The molecule has 5 heteroatoms. The molecule has 2 heterocycles. The summed E-state index contributed by atoms with van der Waals surface area (Å²) >= 11 is 10.0. The second-order valence-electron chi connectivity index (χ2n) is 3.82. The van der Waals surface area contributed by atoms with E-state index < -0.39 is 0 Å². The van der Waals surface area contributed by atoms with Gasteiger partial charge in [-0.3, -0.25) is 0 Å². The lowest BCUT2D eigenvalue weighted by Gasteiger charge is -2.06. The molecule has 1 fully saturated rings. The fraction of sp³-hybridized carbons (Fsp3) is 0.273. The number of aromatic nitrogens is 2. The van der Waals surface area contributed by atoms with E-state index >= 15 is 0 Å². The van der Waals surface area contributed by atoms with Crippen molar-refractivity contribution in [3.8, 4) is 11.4 Å². The lowest BCUT2D eigenvalue weighted by Crippen LogP contribution is -1.98. The highest BCUT2D eigenvalue weighted by atomic mass is 127. The van der Waals surface area contributed by atoms with Crippen LogP contribution < -0.4 is 0 Å². The number of thiophene rings is 1. The van der Waals surface area contributed by atoms with Crippen molar-refractivity contribution < 1.29 is 0 Å². The molecule has 0 aromatic carbocycles. The van der Waals surface area contributed by atoms with Crippen LogP contribution in [0.4, 0.5) is 0 Å². The fourth-order valence-corrected chi connectivity index (χ4v) is 3.08. The van der Waals surface area contributed by atoms with Crippen LogP contribution in [0, 0.1) is 3.57 Å². The van der Waals surface area contributed by atoms with Crippen molar-refractivity contribution in [2.24, 2.45) is 0 Å². The molecule has 1 aliphatic carbocycles. The molecular weight excluding hydrogens is 355 g/mol. The van der Waals surface area contributed by atoms with E-state index in [9.17, 15) is 0 Å². The zero-order chi connectivity index (χ0) is 11.1. The molecule has 2 aromatic heterocycles. The van der Waals surface area contributed by atoms with E-state index in [0.29, 0.717) is 11.1 Å². The molecule has 2 nitrogen and oxygen atoms in total. The summed E-state index contributed by atoms with van der Waals surface area (Å²) in [5.74, 6) is 1.36. The summed E-state index contributed by atoms with van der Waals surface area (Å²) in [5, 5.41) is 4.66. The average Bonchev–Trinajstić information content (AvgIpc) is 2.96. The molecule has 0 radical (unpaired) electrons. The quantitative estimate of drug-likeness (QED) is 0.586. The third-order valence-electron chi connectivity index (χ3n) is 2.58. The lowest BCUT2D eigenvalue weighted by atomic mass is 10.2. The maximum absolute atomic E-state index is 6.15. The molecule has 0 N–H and O–H groups in total. The summed E-state index contributed by atoms with van der Waals surface area (Å²) in [7, 11) is 0. The minimum Gasteiger partial charge on any atom is -0.232 e. The third kappa shape index (κ3) is 1.98. The summed E-state index contributed by atoms with van der Waals surface area (Å²) in [4.78, 5) is 8.98. The van der Waals surface area contributed by atoms with Gasteiger partial charge in [-0.15, -0.1) is 0 Å². The topological polar surface area (TPSA) is 25.8 Å². The number of halogens is 2. The van der Waals surface area contributed by atoms with Gasteiger partial charge < -0.3 is 0 Å². The first-order valence-corrected chi connectivity index (χ1v) is 7.41. The van der Waals surface area contributed by atoms with E-state index in [-0.39, 0.29) is 0 Å². The molecule has 3 rings (SSSR count). The smallest absolute Gasteiger partial charge is 0.162 e. The number of rotatable bonds is 2. The van der Waals surface area contributed by atoms with Crippen LogP contribution in [-0.4, -0.2) is 9.97 Å². The zero-order valence-electron chi connectivity index (χ0n) is 8.28. The molecule has 0 bridgehead atoms. The Kier molecular flexibility index (Phi) is 2.89. The van der Waals surface area contributed by atoms with Gasteiger partial charge in [0.2, 0.25) is 0 Å². The van der Waals surface area contributed by atoms with Crippen molar-refractivity contribution in [2.45, 2.75) is 18.8 Å². The average molecular weight is 363 g/mol. The van der Waals surface area contributed by atoms with Crippen LogP contribution in [0.2, 0.25) is 5.15 Å². The first-order valence-electron chi connectivity index (χ1n) is 5.01. The summed E-state index contributed by atoms with van der Waals surface area (Å²) in [5.41, 5.74) is 2.19. The summed E-state index contributed by atoms with van der Waals surface area (Å²) in [6, 6.07) is 2.03. The SMILES string of the molecule is Clc1nc(-c2ccsc2)nc(C2CC2)c1I. The van der Waals surface area contributed by atoms with E-state index in [1.165, 1.54) is 12.8 Å². The van der Waals surface area contributed by atoms with Gasteiger partial charge in [-0.25, -0.2) is 9.97 Å². The minimum atomic E-state index is 0.582. The Morgan fingerprint density at radius 2 is 2.19 bits per heavy atom. The van der Waals surface area contributed by atoms with Gasteiger partial charge in [0.05, 0.1) is 9.26 Å². The third-order valence-corrected chi connectivity index (χ3v) is 4.92. The Hall–Kier alpha value is -0.200. The summed E-state index contributed by atoms with van der Waals surface area (Å²) in [6.45, 7) is 0. The first kappa shape index (κ1) is 10.9. The van der Waals surface area contributed by atoms with Gasteiger partial charge in [0, 0.05) is 16.9 Å². The van der Waals surface area contributed by atoms with Crippen LogP contribution in [-0.2, 0) is 0 Å². The van der Waals surface area contributed by atoms with Gasteiger partial charge in [0.25, 0.3) is 0 Å². The van der Waals surface area contributed by atoms with Crippen LogP contribution >= 0.6 is 45.5 Å². The number of nitrogens with zero attached hydrogens (tertiary/aromatic N) is 2. The Labute approximate surface area is 116 Å². The van der Waals surface area contributed by atoms with E-state index in [2.05, 4.69) is 37.9 Å². The van der Waals surface area contributed by atoms with Crippen LogP contribution in [0.15, 0.2) is 16.8 Å². The molecule has 0 amide bonds. The molecule has 0 atom stereocenters. The van der Waals surface area contributed by atoms with Crippen LogP contribution in [0.5, 0.6) is 0 Å². The highest BCUT2D eigenvalue weighted by Crippen LogP contribution is 2.42. The molecule has 0 unspecified atom stereocenters. The van der Waals surface area contributed by atoms with E-state index in [1.807, 2.05) is 11.4 Å². The first-order chi connectivity index (χ1) is 7.75. The Bertz CT molecular complexity index is 523. The predicted molar refractivity (Wildman–Crippen MR) is 75.0 cm³/mol. The van der Waals surface area contributed by atoms with Gasteiger partial charge in [0.15, 0.2) is 5.82 Å². The normalized spacial score (nSPS) is 15.4. The van der Waals surface area contributed by atoms with Gasteiger partial charge in [-0.05, 0) is 46.9 Å². The fourth-order valence-electron chi connectivity index (χ4n) is 1.58.